The van der Waals surface area contributed by atoms with Crippen LogP contribution >= 0.6 is 15.9 Å². The Morgan fingerprint density at radius 2 is 1.52 bits per heavy atom. The predicted octanol–water partition coefficient (Wildman–Crippen LogP) is 3.92. The first-order chi connectivity index (χ1) is 16.0. The second-order valence-corrected chi connectivity index (χ2v) is 7.72. The summed E-state index contributed by atoms with van der Waals surface area (Å²) in [6, 6.07) is 9.50. The van der Waals surface area contributed by atoms with E-state index in [9.17, 15) is 0 Å². The van der Waals surface area contributed by atoms with Crippen LogP contribution in [0, 0.1) is 0 Å². The van der Waals surface area contributed by atoms with Gasteiger partial charge in [0.25, 0.3) is 0 Å². The first-order valence-corrected chi connectivity index (χ1v) is 11.6. The molecule has 10 nitrogen and oxygen atoms in total. The van der Waals surface area contributed by atoms with E-state index in [-0.39, 0.29) is 6.61 Å². The van der Waals surface area contributed by atoms with Crippen molar-refractivity contribution in [3.8, 4) is 0 Å². The molecule has 11 heteroatoms. The van der Waals surface area contributed by atoms with Gasteiger partial charge >= 0.3 is 0 Å². The molecule has 3 rings (SSSR count). The minimum absolute atomic E-state index is 0.0203. The monoisotopic (exact) mass is 517 g/mol. The van der Waals surface area contributed by atoms with E-state index in [1.54, 1.807) is 12.4 Å². The topological polar surface area (TPSA) is 123 Å². The SMILES string of the molecule is CC.CN(C)CCNc1ccnc(Nc2ccc(Nc3ncc(Br)c(NCCO)n3)cc2)n1. The summed E-state index contributed by atoms with van der Waals surface area (Å²) in [5, 5.41) is 21.6. The molecule has 0 amide bonds. The van der Waals surface area contributed by atoms with Gasteiger partial charge in [0.1, 0.15) is 11.6 Å². The summed E-state index contributed by atoms with van der Waals surface area (Å²) in [5.41, 5.74) is 1.69. The summed E-state index contributed by atoms with van der Waals surface area (Å²) in [6.45, 7) is 6.15. The zero-order chi connectivity index (χ0) is 24.1. The summed E-state index contributed by atoms with van der Waals surface area (Å²) < 4.78 is 0.726. The van der Waals surface area contributed by atoms with Crippen molar-refractivity contribution in [2.24, 2.45) is 0 Å². The highest BCUT2D eigenvalue weighted by Gasteiger charge is 2.06. The third-order valence-electron chi connectivity index (χ3n) is 4.07. The Balaban J connectivity index is 0.00000187. The number of aromatic nitrogens is 4. The van der Waals surface area contributed by atoms with Crippen molar-refractivity contribution in [2.75, 3.05) is 61.6 Å². The lowest BCUT2D eigenvalue weighted by molar-refractivity contribution is 0.311. The average Bonchev–Trinajstić information content (AvgIpc) is 2.82. The smallest absolute Gasteiger partial charge is 0.229 e. The lowest BCUT2D eigenvalue weighted by Crippen LogP contribution is -2.21. The van der Waals surface area contributed by atoms with Crippen LogP contribution < -0.4 is 21.3 Å². The second kappa shape index (κ2) is 14.2. The summed E-state index contributed by atoms with van der Waals surface area (Å²) in [7, 11) is 4.06. The van der Waals surface area contributed by atoms with Crippen LogP contribution in [-0.4, -0.2) is 70.3 Å². The van der Waals surface area contributed by atoms with Crippen LogP contribution in [0.2, 0.25) is 0 Å². The van der Waals surface area contributed by atoms with Crippen molar-refractivity contribution in [3.05, 3.63) is 47.2 Å². The van der Waals surface area contributed by atoms with Gasteiger partial charge in [0.15, 0.2) is 0 Å². The third-order valence-corrected chi connectivity index (χ3v) is 4.65. The Bertz CT molecular complexity index is 970. The van der Waals surface area contributed by atoms with Crippen LogP contribution in [-0.2, 0) is 0 Å². The van der Waals surface area contributed by atoms with Crippen LogP contribution in [0.3, 0.4) is 0 Å². The number of hydrogen-bond acceptors (Lipinski definition) is 10. The summed E-state index contributed by atoms with van der Waals surface area (Å²) in [6.07, 6.45) is 3.37. The van der Waals surface area contributed by atoms with Crippen molar-refractivity contribution in [1.82, 2.24) is 24.8 Å². The average molecular weight is 518 g/mol. The van der Waals surface area contributed by atoms with E-state index in [4.69, 9.17) is 5.11 Å². The number of nitrogens with one attached hydrogen (secondary N) is 4. The zero-order valence-corrected chi connectivity index (χ0v) is 21.0. The molecule has 0 atom stereocenters. The normalized spacial score (nSPS) is 10.3. The molecule has 5 N–H and O–H groups in total. The molecule has 2 heterocycles. The van der Waals surface area contributed by atoms with Gasteiger partial charge in [-0.3, -0.25) is 0 Å². The number of rotatable bonds is 11. The quantitative estimate of drug-likeness (QED) is 0.255. The molecule has 0 aliphatic rings. The Kier molecular flexibility index (Phi) is 11.3. The van der Waals surface area contributed by atoms with Gasteiger partial charge < -0.3 is 31.3 Å². The Labute approximate surface area is 203 Å². The molecule has 0 bridgehead atoms. The largest absolute Gasteiger partial charge is 0.395 e. The van der Waals surface area contributed by atoms with Crippen molar-refractivity contribution in [1.29, 1.82) is 0 Å². The van der Waals surface area contributed by atoms with Gasteiger partial charge in [-0.1, -0.05) is 13.8 Å². The van der Waals surface area contributed by atoms with Crippen molar-refractivity contribution >= 4 is 50.8 Å². The molecule has 1 aromatic carbocycles. The van der Waals surface area contributed by atoms with E-state index in [0.29, 0.717) is 24.3 Å². The highest BCUT2D eigenvalue weighted by molar-refractivity contribution is 9.10. The maximum Gasteiger partial charge on any atom is 0.229 e. The van der Waals surface area contributed by atoms with Crippen LogP contribution in [0.5, 0.6) is 0 Å². The molecule has 178 valence electrons. The number of nitrogens with zero attached hydrogens (tertiary/aromatic N) is 5. The van der Waals surface area contributed by atoms with Gasteiger partial charge in [-0.05, 0) is 60.4 Å². The Morgan fingerprint density at radius 3 is 2.12 bits per heavy atom. The number of halogens is 1. The summed E-state index contributed by atoms with van der Waals surface area (Å²) in [5.74, 6) is 2.35. The highest BCUT2D eigenvalue weighted by atomic mass is 79.9. The Morgan fingerprint density at radius 1 is 0.879 bits per heavy atom. The maximum absolute atomic E-state index is 8.97. The molecule has 0 saturated carbocycles. The first kappa shape index (κ1) is 26.2. The molecule has 0 fully saturated rings. The van der Waals surface area contributed by atoms with Gasteiger partial charge in [-0.2, -0.15) is 9.97 Å². The molecule has 0 spiro atoms. The molecule has 2 aromatic heterocycles. The highest BCUT2D eigenvalue weighted by Crippen LogP contribution is 2.23. The molecule has 0 aliphatic heterocycles. The lowest BCUT2D eigenvalue weighted by Gasteiger charge is -2.12. The molecule has 0 radical (unpaired) electrons. The third kappa shape index (κ3) is 9.16. The van der Waals surface area contributed by atoms with Crippen molar-refractivity contribution < 1.29 is 5.11 Å². The van der Waals surface area contributed by atoms with Gasteiger partial charge in [0.05, 0.1) is 11.1 Å². The molecule has 0 unspecified atom stereocenters. The van der Waals surface area contributed by atoms with Crippen LogP contribution in [0.15, 0.2) is 47.2 Å². The van der Waals surface area contributed by atoms with Gasteiger partial charge in [0.2, 0.25) is 11.9 Å². The summed E-state index contributed by atoms with van der Waals surface area (Å²) in [4.78, 5) is 19.5. The predicted molar refractivity (Wildman–Crippen MR) is 139 cm³/mol. The number of benzene rings is 1. The van der Waals surface area contributed by atoms with E-state index >= 15 is 0 Å². The van der Waals surface area contributed by atoms with E-state index < -0.39 is 0 Å². The van der Waals surface area contributed by atoms with Crippen molar-refractivity contribution in [2.45, 2.75) is 13.8 Å². The standard InChI is InChI=1S/C20H26BrN9O.C2H6/c1-30(2)11-9-22-17-7-8-24-19(28-17)26-14-3-5-15(6-4-14)27-20-25-13-16(21)18(29-20)23-10-12-31;1-2/h3-8,13,31H,9-12H2,1-2H3,(H2,22,24,26,28)(H2,23,25,27,29);1-2H3. The van der Waals surface area contributed by atoms with E-state index in [1.807, 2.05) is 58.3 Å². The molecular weight excluding hydrogens is 486 g/mol. The zero-order valence-electron chi connectivity index (χ0n) is 19.4. The number of aliphatic hydroxyl groups is 1. The minimum Gasteiger partial charge on any atom is -0.395 e. The summed E-state index contributed by atoms with van der Waals surface area (Å²) >= 11 is 3.39. The minimum atomic E-state index is 0.0203. The van der Waals surface area contributed by atoms with Gasteiger partial charge in [-0.15, -0.1) is 0 Å². The van der Waals surface area contributed by atoms with Gasteiger partial charge in [0, 0.05) is 43.4 Å². The van der Waals surface area contributed by atoms with Crippen LogP contribution in [0.25, 0.3) is 0 Å². The fraction of sp³-hybridized carbons (Fsp3) is 0.364. The molecular formula is C22H32BrN9O. The maximum atomic E-state index is 8.97. The fourth-order valence-corrected chi connectivity index (χ4v) is 2.88. The molecule has 0 saturated heterocycles. The fourth-order valence-electron chi connectivity index (χ4n) is 2.55. The van der Waals surface area contributed by atoms with Crippen LogP contribution in [0.1, 0.15) is 13.8 Å². The lowest BCUT2D eigenvalue weighted by atomic mass is 10.3. The number of hydrogen-bond donors (Lipinski definition) is 5. The molecule has 33 heavy (non-hydrogen) atoms. The number of anilines is 6. The molecule has 0 aliphatic carbocycles. The number of aliphatic hydroxyl groups excluding tert-OH is 1. The van der Waals surface area contributed by atoms with E-state index in [1.165, 1.54) is 0 Å². The molecule has 3 aromatic rings. The van der Waals surface area contributed by atoms with E-state index in [0.717, 1.165) is 34.8 Å². The first-order valence-electron chi connectivity index (χ1n) is 10.8. The second-order valence-electron chi connectivity index (χ2n) is 6.86. The van der Waals surface area contributed by atoms with Gasteiger partial charge in [-0.25, -0.2) is 9.97 Å². The van der Waals surface area contributed by atoms with Crippen LogP contribution in [0.4, 0.5) is 34.9 Å². The van der Waals surface area contributed by atoms with Crippen molar-refractivity contribution in [3.63, 3.8) is 0 Å². The number of likely N-dealkylation sites (N-methyl/N-ethyl adjacent to an activating group) is 1. The van der Waals surface area contributed by atoms with E-state index in [2.05, 4.69) is 62.0 Å². The Hall–Kier alpha value is -3.02.